The smallest absolute Gasteiger partial charge is 0.269 e. The molecule has 0 aliphatic carbocycles. The van der Waals surface area contributed by atoms with Crippen molar-refractivity contribution in [2.45, 2.75) is 20.4 Å². The number of benzene rings is 2. The van der Waals surface area contributed by atoms with Crippen LogP contribution in [0.4, 0.5) is 5.69 Å². The first-order valence-corrected chi connectivity index (χ1v) is 11.2. The number of para-hydroxylation sites is 2. The molecule has 0 radical (unpaired) electrons. The summed E-state index contributed by atoms with van der Waals surface area (Å²) >= 11 is 4.54. The normalized spacial score (nSPS) is 12.3. The summed E-state index contributed by atoms with van der Waals surface area (Å²) in [5.41, 5.74) is 0.947. The molecule has 8 heteroatoms. The number of hydrogen-bond acceptors (Lipinski definition) is 5. The molecule has 0 aliphatic heterocycles. The van der Waals surface area contributed by atoms with E-state index in [4.69, 9.17) is 4.74 Å². The maximum atomic E-state index is 12.9. The Morgan fingerprint density at radius 1 is 1.26 bits per heavy atom. The number of nitriles is 1. The van der Waals surface area contributed by atoms with Crippen molar-refractivity contribution in [1.82, 2.24) is 4.57 Å². The lowest BCUT2D eigenvalue weighted by atomic mass is 10.2. The first kappa shape index (κ1) is 22.5. The highest BCUT2D eigenvalue weighted by Crippen LogP contribution is 2.24. The van der Waals surface area contributed by atoms with Gasteiger partial charge in [-0.3, -0.25) is 14.2 Å². The van der Waals surface area contributed by atoms with E-state index in [1.54, 1.807) is 37.3 Å². The molecule has 31 heavy (non-hydrogen) atoms. The Labute approximate surface area is 191 Å². The zero-order chi connectivity index (χ0) is 22.4. The van der Waals surface area contributed by atoms with Gasteiger partial charge in [0, 0.05) is 11.0 Å². The number of thiazole rings is 1. The van der Waals surface area contributed by atoms with Crippen LogP contribution in [0, 0.1) is 11.3 Å². The van der Waals surface area contributed by atoms with Crippen LogP contribution in [0.5, 0.6) is 5.75 Å². The average Bonchev–Trinajstić information content (AvgIpc) is 3.05. The third-order valence-corrected chi connectivity index (χ3v) is 5.98. The third kappa shape index (κ3) is 5.13. The van der Waals surface area contributed by atoms with Gasteiger partial charge in [0.15, 0.2) is 5.57 Å². The Kier molecular flexibility index (Phi) is 7.45. The zero-order valence-corrected chi connectivity index (χ0v) is 19.4. The third-order valence-electron chi connectivity index (χ3n) is 4.36. The van der Waals surface area contributed by atoms with Crippen LogP contribution in [0.25, 0.3) is 11.6 Å². The number of aromatic nitrogens is 1. The van der Waals surface area contributed by atoms with Gasteiger partial charge in [-0.25, -0.2) is 0 Å². The molecule has 2 aromatic carbocycles. The van der Waals surface area contributed by atoms with Crippen LogP contribution >= 0.6 is 27.3 Å². The number of carbonyl (C=O) groups is 1. The van der Waals surface area contributed by atoms with Crippen LogP contribution in [0.2, 0.25) is 0 Å². The van der Waals surface area contributed by atoms with Gasteiger partial charge in [-0.15, -0.1) is 11.3 Å². The minimum Gasteiger partial charge on any atom is -0.492 e. The minimum absolute atomic E-state index is 0.121. The maximum absolute atomic E-state index is 12.9. The van der Waals surface area contributed by atoms with Crippen molar-refractivity contribution in [3.05, 3.63) is 78.1 Å². The maximum Gasteiger partial charge on any atom is 0.269 e. The molecule has 1 N–H and O–H groups in total. The van der Waals surface area contributed by atoms with Crippen molar-refractivity contribution < 1.29 is 9.53 Å². The fourth-order valence-corrected chi connectivity index (χ4v) is 4.55. The zero-order valence-electron chi connectivity index (χ0n) is 17.0. The Hall–Kier alpha value is -3.15. The molecule has 0 atom stereocenters. The van der Waals surface area contributed by atoms with Crippen molar-refractivity contribution in [2.75, 3.05) is 11.9 Å². The Balaban J connectivity index is 2.12. The molecule has 1 aromatic heterocycles. The molecule has 0 fully saturated rings. The minimum atomic E-state index is -0.591. The van der Waals surface area contributed by atoms with E-state index in [1.165, 1.54) is 4.57 Å². The predicted molar refractivity (Wildman–Crippen MR) is 126 cm³/mol. The van der Waals surface area contributed by atoms with Crippen molar-refractivity contribution in [3.63, 3.8) is 0 Å². The van der Waals surface area contributed by atoms with Crippen molar-refractivity contribution in [2.24, 2.45) is 0 Å². The summed E-state index contributed by atoms with van der Waals surface area (Å²) in [6.07, 6.45) is 1.75. The van der Waals surface area contributed by atoms with E-state index in [-0.39, 0.29) is 11.1 Å². The second kappa shape index (κ2) is 10.2. The van der Waals surface area contributed by atoms with E-state index >= 15 is 0 Å². The van der Waals surface area contributed by atoms with Crippen molar-refractivity contribution in [3.8, 4) is 11.8 Å². The van der Waals surface area contributed by atoms with Crippen LogP contribution < -0.4 is 24.8 Å². The Morgan fingerprint density at radius 2 is 2.03 bits per heavy atom. The van der Waals surface area contributed by atoms with Gasteiger partial charge >= 0.3 is 0 Å². The van der Waals surface area contributed by atoms with Crippen LogP contribution in [-0.4, -0.2) is 17.1 Å². The molecule has 0 saturated heterocycles. The van der Waals surface area contributed by atoms with Gasteiger partial charge in [0.1, 0.15) is 16.5 Å². The highest BCUT2D eigenvalue weighted by Gasteiger charge is 2.17. The van der Waals surface area contributed by atoms with Crippen LogP contribution in [0.1, 0.15) is 19.4 Å². The SMILES string of the molecule is CCOc1ccccc1NC(=O)/C(C#N)=c1\s/c(=C\c2cccc(Br)c2)c(=O)n1CC. The lowest BCUT2D eigenvalue weighted by Crippen LogP contribution is -2.33. The lowest BCUT2D eigenvalue weighted by Gasteiger charge is -2.10. The molecule has 0 saturated carbocycles. The number of nitrogens with one attached hydrogen (secondary N) is 1. The second-order valence-corrected chi connectivity index (χ2v) is 8.34. The average molecular weight is 498 g/mol. The van der Waals surface area contributed by atoms with Gasteiger partial charge in [0.05, 0.1) is 16.8 Å². The number of rotatable bonds is 6. The van der Waals surface area contributed by atoms with Crippen molar-refractivity contribution >= 4 is 50.5 Å². The summed E-state index contributed by atoms with van der Waals surface area (Å²) in [5.74, 6) is -0.0783. The van der Waals surface area contributed by atoms with E-state index < -0.39 is 5.91 Å². The monoisotopic (exact) mass is 497 g/mol. The molecule has 1 amide bonds. The van der Waals surface area contributed by atoms with E-state index in [2.05, 4.69) is 21.2 Å². The van der Waals surface area contributed by atoms with Gasteiger partial charge < -0.3 is 10.1 Å². The topological polar surface area (TPSA) is 84.1 Å². The summed E-state index contributed by atoms with van der Waals surface area (Å²) in [7, 11) is 0. The largest absolute Gasteiger partial charge is 0.492 e. The van der Waals surface area contributed by atoms with Crippen molar-refractivity contribution in [1.29, 1.82) is 5.26 Å². The lowest BCUT2D eigenvalue weighted by molar-refractivity contribution is -0.111. The van der Waals surface area contributed by atoms with E-state index in [1.807, 2.05) is 37.3 Å². The molecule has 0 bridgehead atoms. The first-order valence-electron chi connectivity index (χ1n) is 9.63. The summed E-state index contributed by atoms with van der Waals surface area (Å²) < 4.78 is 8.64. The predicted octanol–water partition coefficient (Wildman–Crippen LogP) is 3.23. The van der Waals surface area contributed by atoms with Gasteiger partial charge in [0.2, 0.25) is 0 Å². The number of amides is 1. The molecule has 6 nitrogen and oxygen atoms in total. The number of hydrogen-bond donors (Lipinski definition) is 1. The molecule has 158 valence electrons. The standard InChI is InChI=1S/C23H20BrN3O3S/c1-3-27-22(29)20(13-15-8-7-9-16(24)12-15)31-23(27)17(14-25)21(28)26-18-10-5-6-11-19(18)30-4-2/h5-13H,3-4H2,1-2H3,(H,26,28)/b20-13-,23-17-. The summed E-state index contributed by atoms with van der Waals surface area (Å²) in [5, 5.41) is 12.5. The van der Waals surface area contributed by atoms with E-state index in [9.17, 15) is 14.9 Å². The number of carbonyl (C=O) groups excluding carboxylic acids is 1. The van der Waals surface area contributed by atoms with Gasteiger partial charge in [-0.05, 0) is 49.8 Å². The molecule has 3 rings (SSSR count). The van der Waals surface area contributed by atoms with Crippen LogP contribution in [0.3, 0.4) is 0 Å². The fraction of sp³-hybridized carbons (Fsp3) is 0.174. The quantitative estimate of drug-likeness (QED) is 0.566. The molecular weight excluding hydrogens is 478 g/mol. The summed E-state index contributed by atoms with van der Waals surface area (Å²) in [6, 6.07) is 16.5. The summed E-state index contributed by atoms with van der Waals surface area (Å²) in [6.45, 7) is 4.43. The van der Waals surface area contributed by atoms with Crippen LogP contribution in [-0.2, 0) is 11.3 Å². The molecule has 1 heterocycles. The number of anilines is 1. The fourth-order valence-electron chi connectivity index (χ4n) is 2.97. The van der Waals surface area contributed by atoms with Gasteiger partial charge in [0.25, 0.3) is 11.5 Å². The molecular formula is C23H20BrN3O3S. The van der Waals surface area contributed by atoms with E-state index in [0.29, 0.717) is 33.8 Å². The molecule has 0 spiro atoms. The number of halogens is 1. The Bertz CT molecular complexity index is 1340. The Morgan fingerprint density at radius 3 is 2.71 bits per heavy atom. The second-order valence-electron chi connectivity index (χ2n) is 6.39. The molecule has 3 aromatic rings. The molecule has 0 unspecified atom stereocenters. The molecule has 0 aliphatic rings. The van der Waals surface area contributed by atoms with Gasteiger partial charge in [-0.2, -0.15) is 5.26 Å². The first-order chi connectivity index (χ1) is 15.0. The van der Waals surface area contributed by atoms with Crippen LogP contribution in [0.15, 0.2) is 57.8 Å². The van der Waals surface area contributed by atoms with E-state index in [0.717, 1.165) is 21.4 Å². The summed E-state index contributed by atoms with van der Waals surface area (Å²) in [4.78, 5) is 25.8. The highest BCUT2D eigenvalue weighted by molar-refractivity contribution is 9.10. The number of ether oxygens (including phenoxy) is 1. The van der Waals surface area contributed by atoms with Gasteiger partial charge in [-0.1, -0.05) is 40.2 Å². The highest BCUT2D eigenvalue weighted by atomic mass is 79.9. The number of nitrogens with zero attached hydrogens (tertiary/aromatic N) is 2.